The number of aliphatic hydroxyl groups is 3. The largest absolute Gasteiger partial charge is 0.393 e. The fourth-order valence-corrected chi connectivity index (χ4v) is 11.2. The second-order valence-corrected chi connectivity index (χ2v) is 17.5. The summed E-state index contributed by atoms with van der Waals surface area (Å²) in [5.41, 5.74) is 11.4. The molecule has 4 aliphatic rings. The van der Waals surface area contributed by atoms with Gasteiger partial charge in [-0.2, -0.15) is 0 Å². The smallest absolute Gasteiger partial charge is 0.236 e. The summed E-state index contributed by atoms with van der Waals surface area (Å²) < 4.78 is 0. The lowest BCUT2D eigenvalue weighted by atomic mass is 9.43. The molecule has 51 heavy (non-hydrogen) atoms. The first-order chi connectivity index (χ1) is 24.4. The van der Waals surface area contributed by atoms with E-state index in [-0.39, 0.29) is 46.7 Å². The van der Waals surface area contributed by atoms with Crippen LogP contribution in [-0.2, 0) is 9.59 Å². The number of hydrogen-bond donors (Lipinski definition) is 9. The molecule has 0 heterocycles. The molecule has 0 aliphatic heterocycles. The Bertz CT molecular complexity index is 1070. The number of hydrogen-bond acceptors (Lipinski definition) is 9. The SMILES string of the molecule is C[C@H](CCC(=O)NCCCC[C@@H](N)C(=O)NCCCNCCCCNCCCN)[C@H]1CCC2[C@@H]3[C@H](O)C[C@@H]4C[C@H](O)CC[C@]4(C)[C@H]3C[C@H](O)[C@@]21C. The monoisotopic (exact) mass is 721 g/mol. The van der Waals surface area contributed by atoms with Crippen LogP contribution in [0.3, 0.4) is 0 Å². The van der Waals surface area contributed by atoms with Gasteiger partial charge in [0.15, 0.2) is 0 Å². The van der Waals surface area contributed by atoms with E-state index in [1.807, 2.05) is 0 Å². The number of nitrogens with one attached hydrogen (secondary N) is 4. The summed E-state index contributed by atoms with van der Waals surface area (Å²) in [6, 6.07) is -0.530. The molecule has 11 heteroatoms. The predicted molar refractivity (Wildman–Crippen MR) is 204 cm³/mol. The summed E-state index contributed by atoms with van der Waals surface area (Å²) in [5, 5.41) is 46.5. The van der Waals surface area contributed by atoms with Crippen molar-refractivity contribution in [3.63, 3.8) is 0 Å². The van der Waals surface area contributed by atoms with E-state index in [0.717, 1.165) is 123 Å². The highest BCUT2D eigenvalue weighted by molar-refractivity contribution is 5.81. The normalized spacial score (nSPS) is 35.7. The predicted octanol–water partition coefficient (Wildman–Crippen LogP) is 2.79. The number of amides is 2. The van der Waals surface area contributed by atoms with Gasteiger partial charge in [-0.25, -0.2) is 0 Å². The first kappa shape index (κ1) is 42.4. The van der Waals surface area contributed by atoms with Crippen LogP contribution in [0.4, 0.5) is 0 Å². The average Bonchev–Trinajstić information content (AvgIpc) is 3.46. The Morgan fingerprint density at radius 3 is 2.18 bits per heavy atom. The van der Waals surface area contributed by atoms with Crippen molar-refractivity contribution in [2.75, 3.05) is 45.8 Å². The summed E-state index contributed by atoms with van der Waals surface area (Å²) in [6.45, 7) is 12.7. The van der Waals surface area contributed by atoms with Crippen molar-refractivity contribution in [1.82, 2.24) is 21.3 Å². The van der Waals surface area contributed by atoms with Crippen LogP contribution in [0.5, 0.6) is 0 Å². The van der Waals surface area contributed by atoms with Crippen LogP contribution in [-0.4, -0.2) is 97.3 Å². The lowest BCUT2D eigenvalue weighted by molar-refractivity contribution is -0.207. The Labute approximate surface area is 309 Å². The van der Waals surface area contributed by atoms with Crippen molar-refractivity contribution >= 4 is 11.8 Å². The van der Waals surface area contributed by atoms with E-state index in [1.54, 1.807) is 0 Å². The van der Waals surface area contributed by atoms with Gasteiger partial charge in [0.05, 0.1) is 24.4 Å². The molecule has 4 saturated carbocycles. The number of fused-ring (bicyclic) bond motifs is 5. The second kappa shape index (κ2) is 20.4. The quantitative estimate of drug-likeness (QED) is 0.0756. The molecule has 296 valence electrons. The average molecular weight is 721 g/mol. The minimum atomic E-state index is -0.530. The van der Waals surface area contributed by atoms with Gasteiger partial charge in [-0.15, -0.1) is 0 Å². The Balaban J connectivity index is 1.07. The van der Waals surface area contributed by atoms with E-state index in [1.165, 1.54) is 0 Å². The maximum Gasteiger partial charge on any atom is 0.236 e. The number of carbonyl (C=O) groups is 2. The zero-order chi connectivity index (χ0) is 37.0. The van der Waals surface area contributed by atoms with E-state index in [4.69, 9.17) is 11.5 Å². The van der Waals surface area contributed by atoms with Crippen LogP contribution in [0.1, 0.15) is 124 Å². The van der Waals surface area contributed by atoms with Crippen molar-refractivity contribution in [1.29, 1.82) is 0 Å². The third-order valence-electron chi connectivity index (χ3n) is 14.3. The van der Waals surface area contributed by atoms with Gasteiger partial charge in [0.1, 0.15) is 0 Å². The summed E-state index contributed by atoms with van der Waals surface area (Å²) in [4.78, 5) is 25.2. The summed E-state index contributed by atoms with van der Waals surface area (Å²) in [5.74, 6) is 1.69. The van der Waals surface area contributed by atoms with E-state index >= 15 is 0 Å². The van der Waals surface area contributed by atoms with Crippen molar-refractivity contribution in [3.8, 4) is 0 Å². The number of aliphatic hydroxyl groups excluding tert-OH is 3. The van der Waals surface area contributed by atoms with E-state index in [0.29, 0.717) is 49.6 Å². The highest BCUT2D eigenvalue weighted by atomic mass is 16.3. The van der Waals surface area contributed by atoms with Crippen molar-refractivity contribution in [2.24, 2.45) is 57.8 Å². The van der Waals surface area contributed by atoms with Gasteiger partial charge in [-0.1, -0.05) is 20.8 Å². The molecular weight excluding hydrogens is 644 g/mol. The number of carbonyl (C=O) groups excluding carboxylic acids is 2. The minimum Gasteiger partial charge on any atom is -0.393 e. The lowest BCUT2D eigenvalue weighted by Crippen LogP contribution is -2.62. The standard InChI is InChI=1S/C40H76N6O5/c1-27(30-12-13-31-37-32(26-35(49)40(30,31)3)39(2)16-15-29(47)24-28(39)25-34(37)48)11-14-36(50)45-22-5-4-10-33(42)38(51)46-23-9-21-44-19-7-6-18-43-20-8-17-41/h27-35,37,43-44,47-49H,4-26,41-42H2,1-3H3,(H,45,50)(H,46,51)/t27-,28+,29-,30-,31?,32+,33-,34-,35+,37+,39+,40-/m1/s1. The molecule has 11 N–H and O–H groups in total. The van der Waals surface area contributed by atoms with Gasteiger partial charge in [-0.05, 0) is 175 Å². The molecule has 12 atom stereocenters. The van der Waals surface area contributed by atoms with Gasteiger partial charge >= 0.3 is 0 Å². The van der Waals surface area contributed by atoms with Crippen LogP contribution < -0.4 is 32.7 Å². The van der Waals surface area contributed by atoms with E-state index < -0.39 is 12.1 Å². The maximum atomic E-state index is 12.8. The molecule has 0 aromatic rings. The summed E-state index contributed by atoms with van der Waals surface area (Å²) in [7, 11) is 0. The Morgan fingerprint density at radius 2 is 1.45 bits per heavy atom. The van der Waals surface area contributed by atoms with Gasteiger partial charge in [-0.3, -0.25) is 9.59 Å². The minimum absolute atomic E-state index is 0.0572. The van der Waals surface area contributed by atoms with Crippen LogP contribution in [0.2, 0.25) is 0 Å². The number of nitrogens with two attached hydrogens (primary N) is 2. The Morgan fingerprint density at radius 1 is 0.784 bits per heavy atom. The molecule has 0 aromatic carbocycles. The van der Waals surface area contributed by atoms with E-state index in [2.05, 4.69) is 42.0 Å². The molecule has 2 amide bonds. The molecule has 0 spiro atoms. The molecule has 4 aliphatic carbocycles. The molecule has 0 bridgehead atoms. The van der Waals surface area contributed by atoms with Crippen LogP contribution in [0.15, 0.2) is 0 Å². The third-order valence-corrected chi connectivity index (χ3v) is 14.3. The number of unbranched alkanes of at least 4 members (excludes halogenated alkanes) is 2. The molecule has 0 radical (unpaired) electrons. The summed E-state index contributed by atoms with van der Waals surface area (Å²) in [6.07, 6.45) is 12.7. The molecule has 11 nitrogen and oxygen atoms in total. The van der Waals surface area contributed by atoms with Crippen molar-refractivity contribution < 1.29 is 24.9 Å². The molecule has 4 rings (SSSR count). The van der Waals surface area contributed by atoms with Gasteiger partial charge in [0.2, 0.25) is 11.8 Å². The maximum absolute atomic E-state index is 12.8. The molecule has 0 saturated heterocycles. The number of rotatable bonds is 22. The third kappa shape index (κ3) is 10.9. The van der Waals surface area contributed by atoms with Crippen LogP contribution in [0.25, 0.3) is 0 Å². The fourth-order valence-electron chi connectivity index (χ4n) is 11.2. The molecule has 4 fully saturated rings. The van der Waals surface area contributed by atoms with E-state index in [9.17, 15) is 24.9 Å². The molecule has 1 unspecified atom stereocenters. The fraction of sp³-hybridized carbons (Fsp3) is 0.950. The first-order valence-electron chi connectivity index (χ1n) is 20.9. The van der Waals surface area contributed by atoms with Crippen molar-refractivity contribution in [2.45, 2.75) is 148 Å². The van der Waals surface area contributed by atoms with Crippen LogP contribution >= 0.6 is 0 Å². The highest BCUT2D eigenvalue weighted by Crippen LogP contribution is 2.68. The van der Waals surface area contributed by atoms with Crippen molar-refractivity contribution in [3.05, 3.63) is 0 Å². The van der Waals surface area contributed by atoms with Gasteiger partial charge in [0.25, 0.3) is 0 Å². The second-order valence-electron chi connectivity index (χ2n) is 17.5. The topological polar surface area (TPSA) is 195 Å². The van der Waals surface area contributed by atoms with Gasteiger partial charge < -0.3 is 48.1 Å². The molecular formula is C40H76N6O5. The highest BCUT2D eigenvalue weighted by Gasteiger charge is 2.65. The first-order valence-corrected chi connectivity index (χ1v) is 20.9. The molecule has 0 aromatic heterocycles. The zero-order valence-electron chi connectivity index (χ0n) is 32.3. The van der Waals surface area contributed by atoms with Crippen LogP contribution in [0, 0.1) is 46.3 Å². The lowest BCUT2D eigenvalue weighted by Gasteiger charge is -2.63. The van der Waals surface area contributed by atoms with Gasteiger partial charge in [0, 0.05) is 19.5 Å². The Hall–Kier alpha value is -1.34. The summed E-state index contributed by atoms with van der Waals surface area (Å²) >= 11 is 0. The Kier molecular flexibility index (Phi) is 16.9. The zero-order valence-corrected chi connectivity index (χ0v) is 32.3.